The molecule has 0 aliphatic rings. The van der Waals surface area contributed by atoms with Crippen LogP contribution in [0.25, 0.3) is 0 Å². The summed E-state index contributed by atoms with van der Waals surface area (Å²) in [5.41, 5.74) is 3.98. The molecule has 0 bridgehead atoms. The van der Waals surface area contributed by atoms with Crippen molar-refractivity contribution >= 4 is 0 Å². The molecule has 0 aliphatic heterocycles. The first kappa shape index (κ1) is 12.2. The lowest BCUT2D eigenvalue weighted by Crippen LogP contribution is -2.21. The Morgan fingerprint density at radius 1 is 1.27 bits per heavy atom. The molecule has 0 amide bonds. The minimum Gasteiger partial charge on any atom is -0.380 e. The minimum absolute atomic E-state index is 0.296. The van der Waals surface area contributed by atoms with Crippen LogP contribution >= 0.6 is 0 Å². The van der Waals surface area contributed by atoms with Gasteiger partial charge in [-0.15, -0.1) is 0 Å². The second-order valence-electron chi connectivity index (χ2n) is 3.84. The van der Waals surface area contributed by atoms with Crippen LogP contribution in [-0.4, -0.2) is 20.3 Å². The summed E-state index contributed by atoms with van der Waals surface area (Å²) in [5, 5.41) is 3.27. The highest BCUT2D eigenvalue weighted by Crippen LogP contribution is 2.17. The van der Waals surface area contributed by atoms with Crippen molar-refractivity contribution in [3.63, 3.8) is 0 Å². The van der Waals surface area contributed by atoms with Crippen LogP contribution in [0.4, 0.5) is 0 Å². The molecule has 0 radical (unpaired) electrons. The van der Waals surface area contributed by atoms with Crippen molar-refractivity contribution in [1.82, 2.24) is 5.32 Å². The summed E-state index contributed by atoms with van der Waals surface area (Å²) in [6, 6.07) is 6.86. The molecule has 84 valence electrons. The largest absolute Gasteiger partial charge is 0.380 e. The van der Waals surface area contributed by atoms with Crippen LogP contribution in [0.1, 0.15) is 29.7 Å². The fourth-order valence-electron chi connectivity index (χ4n) is 1.56. The Balaban J connectivity index is 2.78. The van der Waals surface area contributed by atoms with Crippen molar-refractivity contribution in [2.45, 2.75) is 26.8 Å². The molecule has 1 unspecified atom stereocenters. The maximum atomic E-state index is 5.45. The average Bonchev–Trinajstić information content (AvgIpc) is 2.24. The van der Waals surface area contributed by atoms with Gasteiger partial charge in [0.2, 0.25) is 0 Å². The highest BCUT2D eigenvalue weighted by molar-refractivity contribution is 5.31. The molecule has 1 aromatic carbocycles. The van der Waals surface area contributed by atoms with E-state index in [1.54, 1.807) is 0 Å². The Bertz CT molecular complexity index is 309. The molecule has 1 rings (SSSR count). The summed E-state index contributed by atoms with van der Waals surface area (Å²) in [5.74, 6) is 0. The molecule has 0 fully saturated rings. The lowest BCUT2D eigenvalue weighted by atomic mass is 10.0. The Labute approximate surface area is 92.6 Å². The second kappa shape index (κ2) is 5.89. The monoisotopic (exact) mass is 207 g/mol. The van der Waals surface area contributed by atoms with Crippen LogP contribution < -0.4 is 5.32 Å². The molecule has 0 aliphatic carbocycles. The van der Waals surface area contributed by atoms with Gasteiger partial charge < -0.3 is 10.1 Å². The molecule has 0 spiro atoms. The molecule has 2 heteroatoms. The zero-order valence-corrected chi connectivity index (χ0v) is 10.1. The van der Waals surface area contributed by atoms with Crippen molar-refractivity contribution < 1.29 is 4.74 Å². The Morgan fingerprint density at radius 2 is 2.00 bits per heavy atom. The van der Waals surface area contributed by atoms with Gasteiger partial charge in [-0.2, -0.15) is 0 Å². The molecule has 2 nitrogen and oxygen atoms in total. The van der Waals surface area contributed by atoms with Gasteiger partial charge in [0.15, 0.2) is 0 Å². The lowest BCUT2D eigenvalue weighted by molar-refractivity contribution is 0.125. The first-order chi connectivity index (χ1) is 7.19. The molecule has 1 aromatic rings. The number of nitrogens with one attached hydrogen (secondary N) is 1. The highest BCUT2D eigenvalue weighted by atomic mass is 16.5. The van der Waals surface area contributed by atoms with E-state index in [9.17, 15) is 0 Å². The van der Waals surface area contributed by atoms with E-state index < -0.39 is 0 Å². The van der Waals surface area contributed by atoms with Gasteiger partial charge in [-0.3, -0.25) is 0 Å². The van der Waals surface area contributed by atoms with Gasteiger partial charge >= 0.3 is 0 Å². The maximum absolute atomic E-state index is 5.45. The fourth-order valence-corrected chi connectivity index (χ4v) is 1.56. The fraction of sp³-hybridized carbons (Fsp3) is 0.538. The number of hydrogen-bond donors (Lipinski definition) is 1. The second-order valence-corrected chi connectivity index (χ2v) is 3.84. The number of hydrogen-bond acceptors (Lipinski definition) is 2. The smallest absolute Gasteiger partial charge is 0.0661 e. The van der Waals surface area contributed by atoms with Gasteiger partial charge in [-0.25, -0.2) is 0 Å². The van der Waals surface area contributed by atoms with E-state index in [-0.39, 0.29) is 0 Å². The van der Waals surface area contributed by atoms with E-state index in [1.165, 1.54) is 16.7 Å². The van der Waals surface area contributed by atoms with Crippen LogP contribution in [0, 0.1) is 13.8 Å². The van der Waals surface area contributed by atoms with Crippen LogP contribution in [-0.2, 0) is 4.74 Å². The zero-order chi connectivity index (χ0) is 11.3. The molecule has 0 saturated heterocycles. The summed E-state index contributed by atoms with van der Waals surface area (Å²) in [7, 11) is 1.97. The quantitative estimate of drug-likeness (QED) is 0.801. The molecular weight excluding hydrogens is 186 g/mol. The summed E-state index contributed by atoms with van der Waals surface area (Å²) in [4.78, 5) is 0. The van der Waals surface area contributed by atoms with Crippen LogP contribution in [0.15, 0.2) is 18.2 Å². The zero-order valence-electron chi connectivity index (χ0n) is 10.1. The van der Waals surface area contributed by atoms with Gasteiger partial charge in [-0.1, -0.05) is 18.2 Å². The predicted molar refractivity (Wildman–Crippen MR) is 64.2 cm³/mol. The molecule has 15 heavy (non-hydrogen) atoms. The maximum Gasteiger partial charge on any atom is 0.0661 e. The van der Waals surface area contributed by atoms with Gasteiger partial charge in [0, 0.05) is 6.61 Å². The normalized spacial score (nSPS) is 12.8. The lowest BCUT2D eigenvalue weighted by Gasteiger charge is -2.17. The van der Waals surface area contributed by atoms with Crippen molar-refractivity contribution in [3.05, 3.63) is 34.9 Å². The van der Waals surface area contributed by atoms with E-state index in [0.717, 1.165) is 13.2 Å². The van der Waals surface area contributed by atoms with Crippen molar-refractivity contribution in [3.8, 4) is 0 Å². The van der Waals surface area contributed by atoms with E-state index in [0.29, 0.717) is 6.04 Å². The van der Waals surface area contributed by atoms with Crippen LogP contribution in [0.5, 0.6) is 0 Å². The Kier molecular flexibility index (Phi) is 4.79. The number of benzene rings is 1. The third kappa shape index (κ3) is 3.33. The number of likely N-dealkylation sites (N-methyl/N-ethyl adjacent to an activating group) is 1. The number of aryl methyl sites for hydroxylation is 2. The molecule has 0 saturated carbocycles. The number of ether oxygens (including phenoxy) is 1. The average molecular weight is 207 g/mol. The van der Waals surface area contributed by atoms with Crippen LogP contribution in [0.2, 0.25) is 0 Å². The first-order valence-corrected chi connectivity index (χ1v) is 5.51. The molecule has 0 heterocycles. The Hall–Kier alpha value is -0.860. The standard InChI is InChI=1S/C13H21NO/c1-5-15-9-13(14-4)12-7-6-10(2)11(3)8-12/h6-8,13-14H,5,9H2,1-4H3. The number of rotatable bonds is 5. The third-order valence-electron chi connectivity index (χ3n) is 2.77. The summed E-state index contributed by atoms with van der Waals surface area (Å²) >= 11 is 0. The van der Waals surface area contributed by atoms with Crippen molar-refractivity contribution in [2.24, 2.45) is 0 Å². The molecule has 1 atom stereocenters. The molecule has 1 N–H and O–H groups in total. The van der Waals surface area contributed by atoms with E-state index in [1.807, 2.05) is 14.0 Å². The van der Waals surface area contributed by atoms with Gasteiger partial charge in [0.05, 0.1) is 12.6 Å². The minimum atomic E-state index is 0.296. The first-order valence-electron chi connectivity index (χ1n) is 5.51. The van der Waals surface area contributed by atoms with E-state index in [2.05, 4.69) is 37.4 Å². The van der Waals surface area contributed by atoms with Crippen LogP contribution in [0.3, 0.4) is 0 Å². The molecular formula is C13H21NO. The summed E-state index contributed by atoms with van der Waals surface area (Å²) in [6.45, 7) is 7.80. The van der Waals surface area contributed by atoms with Gasteiger partial charge in [0.25, 0.3) is 0 Å². The predicted octanol–water partition coefficient (Wildman–Crippen LogP) is 2.60. The summed E-state index contributed by atoms with van der Waals surface area (Å²) in [6.07, 6.45) is 0. The van der Waals surface area contributed by atoms with Gasteiger partial charge in [0.1, 0.15) is 0 Å². The van der Waals surface area contributed by atoms with E-state index >= 15 is 0 Å². The summed E-state index contributed by atoms with van der Waals surface area (Å²) < 4.78 is 5.45. The Morgan fingerprint density at radius 3 is 2.53 bits per heavy atom. The van der Waals surface area contributed by atoms with Gasteiger partial charge in [-0.05, 0) is 44.5 Å². The SMILES string of the molecule is CCOCC(NC)c1ccc(C)c(C)c1. The van der Waals surface area contributed by atoms with Crippen molar-refractivity contribution in [2.75, 3.05) is 20.3 Å². The molecule has 0 aromatic heterocycles. The van der Waals surface area contributed by atoms with E-state index in [4.69, 9.17) is 4.74 Å². The van der Waals surface area contributed by atoms with Crippen molar-refractivity contribution in [1.29, 1.82) is 0 Å². The third-order valence-corrected chi connectivity index (χ3v) is 2.77. The highest BCUT2D eigenvalue weighted by Gasteiger charge is 2.09. The topological polar surface area (TPSA) is 21.3 Å².